The van der Waals surface area contributed by atoms with Gasteiger partial charge in [0, 0.05) is 11.3 Å². The summed E-state index contributed by atoms with van der Waals surface area (Å²) in [6.07, 6.45) is 5.18. The molecule has 1 aliphatic heterocycles. The third-order valence-corrected chi connectivity index (χ3v) is 9.13. The molecule has 3 aliphatic rings. The molecule has 4 atom stereocenters. The van der Waals surface area contributed by atoms with E-state index in [1.807, 2.05) is 36.4 Å². The summed E-state index contributed by atoms with van der Waals surface area (Å²) in [5.41, 5.74) is 2.55. The lowest BCUT2D eigenvalue weighted by Crippen LogP contribution is -2.32. The van der Waals surface area contributed by atoms with Gasteiger partial charge in [0.05, 0.1) is 42.0 Å². The highest BCUT2D eigenvalue weighted by Gasteiger charge is 2.59. The van der Waals surface area contributed by atoms with E-state index in [1.165, 1.54) is 4.90 Å². The second-order valence-electron chi connectivity index (χ2n) is 8.61. The molecule has 2 fully saturated rings. The van der Waals surface area contributed by atoms with Gasteiger partial charge in [0.25, 0.3) is 0 Å². The Labute approximate surface area is 199 Å². The number of nitrogens with zero attached hydrogens (tertiary/aromatic N) is 2. The molecular weight excluding hydrogens is 456 g/mol. The molecule has 1 saturated heterocycles. The fraction of sp³-hybridized carbons (Fsp3) is 0.320. The van der Waals surface area contributed by atoms with Crippen molar-refractivity contribution in [2.24, 2.45) is 23.7 Å². The van der Waals surface area contributed by atoms with Crippen LogP contribution in [0.5, 0.6) is 11.5 Å². The minimum Gasteiger partial charge on any atom is -0.497 e. The first-order valence-corrected chi connectivity index (χ1v) is 12.7. The van der Waals surface area contributed by atoms with Crippen LogP contribution in [-0.4, -0.2) is 31.0 Å². The van der Waals surface area contributed by atoms with Crippen LogP contribution < -0.4 is 14.4 Å². The Bertz CT molecular complexity index is 1290. The van der Waals surface area contributed by atoms with E-state index in [0.29, 0.717) is 11.4 Å². The molecule has 0 unspecified atom stereocenters. The number of hydrogen-bond acceptors (Lipinski definition) is 7. The van der Waals surface area contributed by atoms with Crippen LogP contribution in [0.25, 0.3) is 10.2 Å². The number of thioether (sulfide) groups is 1. The number of aromatic nitrogens is 1. The van der Waals surface area contributed by atoms with Gasteiger partial charge in [-0.15, -0.1) is 11.3 Å². The van der Waals surface area contributed by atoms with E-state index < -0.39 is 0 Å². The van der Waals surface area contributed by atoms with Crippen LogP contribution in [0.1, 0.15) is 12.0 Å². The van der Waals surface area contributed by atoms with E-state index in [1.54, 1.807) is 37.3 Å². The van der Waals surface area contributed by atoms with Gasteiger partial charge in [0.2, 0.25) is 11.8 Å². The standard InChI is InChI=1S/C25H22N2O4S2/c1-30-17-6-8-19(31-2)15(10-17)12-32-25-26-18-7-5-16(11-20(18)33-25)27-23(28)21-13-3-4-14(9-13)22(21)24(27)29/h3-8,10-11,13-14,21-22H,9,12H2,1-2H3/t13-,14-,21-,22+/m0/s1. The van der Waals surface area contributed by atoms with E-state index in [4.69, 9.17) is 14.5 Å². The van der Waals surface area contributed by atoms with Gasteiger partial charge >= 0.3 is 0 Å². The topological polar surface area (TPSA) is 68.7 Å². The SMILES string of the molecule is COc1ccc(OC)c(CSc2nc3ccc(N4C(=O)[C@@H]5[C@H](C4=O)[C@H]4C=C[C@H]5C4)cc3s2)c1. The number of imide groups is 1. The zero-order chi connectivity index (χ0) is 22.7. The molecule has 2 bridgehead atoms. The van der Waals surface area contributed by atoms with Crippen LogP contribution in [0.4, 0.5) is 5.69 Å². The number of fused-ring (bicyclic) bond motifs is 6. The molecule has 2 heterocycles. The van der Waals surface area contributed by atoms with E-state index in [-0.39, 0.29) is 35.5 Å². The lowest BCUT2D eigenvalue weighted by molar-refractivity contribution is -0.123. The Morgan fingerprint density at radius 3 is 2.48 bits per heavy atom. The van der Waals surface area contributed by atoms with Gasteiger partial charge < -0.3 is 9.47 Å². The first-order chi connectivity index (χ1) is 16.1. The summed E-state index contributed by atoms with van der Waals surface area (Å²) >= 11 is 3.19. The number of thiazole rings is 1. The summed E-state index contributed by atoms with van der Waals surface area (Å²) in [5, 5.41) is 0. The van der Waals surface area contributed by atoms with Gasteiger partial charge in [-0.1, -0.05) is 23.9 Å². The van der Waals surface area contributed by atoms with E-state index >= 15 is 0 Å². The molecule has 0 spiro atoms. The lowest BCUT2D eigenvalue weighted by atomic mass is 9.85. The summed E-state index contributed by atoms with van der Waals surface area (Å²) in [6, 6.07) is 11.4. The highest BCUT2D eigenvalue weighted by atomic mass is 32.2. The summed E-state index contributed by atoms with van der Waals surface area (Å²) in [4.78, 5) is 32.4. The molecule has 6 rings (SSSR count). The molecular formula is C25H22N2O4S2. The van der Waals surface area contributed by atoms with Crippen LogP contribution in [-0.2, 0) is 15.3 Å². The molecule has 3 aromatic rings. The molecule has 8 heteroatoms. The summed E-state index contributed by atoms with van der Waals surface area (Å²) in [7, 11) is 3.31. The normalized spacial score (nSPS) is 25.3. The van der Waals surface area contributed by atoms with Crippen molar-refractivity contribution in [2.75, 3.05) is 19.1 Å². The molecule has 2 aromatic carbocycles. The lowest BCUT2D eigenvalue weighted by Gasteiger charge is -2.17. The minimum absolute atomic E-state index is 0.0505. The quantitative estimate of drug-likeness (QED) is 0.285. The largest absolute Gasteiger partial charge is 0.497 e. The number of carbonyl (C=O) groups is 2. The number of carbonyl (C=O) groups excluding carboxylic acids is 2. The molecule has 6 nitrogen and oxygen atoms in total. The maximum atomic E-state index is 13.1. The first-order valence-electron chi connectivity index (χ1n) is 10.9. The van der Waals surface area contributed by atoms with Gasteiger partial charge in [0.15, 0.2) is 4.34 Å². The second kappa shape index (κ2) is 7.88. The Balaban J connectivity index is 1.24. The predicted molar refractivity (Wildman–Crippen MR) is 129 cm³/mol. The number of amides is 2. The van der Waals surface area contributed by atoms with Crippen molar-refractivity contribution in [1.29, 1.82) is 0 Å². The molecule has 168 valence electrons. The maximum Gasteiger partial charge on any atom is 0.238 e. The smallest absolute Gasteiger partial charge is 0.238 e. The van der Waals surface area contributed by atoms with Gasteiger partial charge in [-0.05, 0) is 54.7 Å². The number of ether oxygens (including phenoxy) is 2. The summed E-state index contributed by atoms with van der Waals surface area (Å²) in [5.74, 6) is 2.24. The average Bonchev–Trinajstić information content (AvgIpc) is 3.60. The summed E-state index contributed by atoms with van der Waals surface area (Å²) in [6.45, 7) is 0. The molecule has 1 saturated carbocycles. The van der Waals surface area contributed by atoms with Gasteiger partial charge in [0.1, 0.15) is 11.5 Å². The van der Waals surface area contributed by atoms with Crippen LogP contribution in [0.2, 0.25) is 0 Å². The Hall–Kier alpha value is -2.84. The molecule has 1 aromatic heterocycles. The van der Waals surface area contributed by atoms with Crippen molar-refractivity contribution in [3.05, 3.63) is 54.1 Å². The average molecular weight is 479 g/mol. The number of anilines is 1. The molecule has 0 N–H and O–H groups in total. The first kappa shape index (κ1) is 20.7. The molecule has 0 radical (unpaired) electrons. The number of allylic oxidation sites excluding steroid dienone is 2. The van der Waals surface area contributed by atoms with Gasteiger partial charge in [-0.2, -0.15) is 0 Å². The fourth-order valence-corrected chi connectivity index (χ4v) is 7.46. The molecule has 2 aliphatic carbocycles. The van der Waals surface area contributed by atoms with Gasteiger partial charge in [-0.3, -0.25) is 9.59 Å². The van der Waals surface area contributed by atoms with Gasteiger partial charge in [-0.25, -0.2) is 9.88 Å². The number of rotatable bonds is 6. The highest BCUT2D eigenvalue weighted by Crippen LogP contribution is 2.53. The monoisotopic (exact) mass is 478 g/mol. The van der Waals surface area contributed by atoms with Crippen molar-refractivity contribution >= 4 is 50.8 Å². The highest BCUT2D eigenvalue weighted by molar-refractivity contribution is 8.00. The number of benzene rings is 2. The van der Waals surface area contributed by atoms with E-state index in [9.17, 15) is 9.59 Å². The van der Waals surface area contributed by atoms with Crippen LogP contribution in [0.3, 0.4) is 0 Å². The van der Waals surface area contributed by atoms with Crippen molar-refractivity contribution in [1.82, 2.24) is 4.98 Å². The maximum absolute atomic E-state index is 13.1. The minimum atomic E-state index is -0.186. The fourth-order valence-electron chi connectivity index (χ4n) is 5.38. The predicted octanol–water partition coefficient (Wildman–Crippen LogP) is 4.92. The van der Waals surface area contributed by atoms with Crippen molar-refractivity contribution < 1.29 is 19.1 Å². The Morgan fingerprint density at radius 2 is 1.79 bits per heavy atom. The van der Waals surface area contributed by atoms with Crippen molar-refractivity contribution in [2.45, 2.75) is 16.5 Å². The third-order valence-electron chi connectivity index (χ3n) is 6.92. The number of methoxy groups -OCH3 is 2. The van der Waals surface area contributed by atoms with Crippen molar-refractivity contribution in [3.63, 3.8) is 0 Å². The second-order valence-corrected chi connectivity index (χ2v) is 10.9. The Kier molecular flexibility index (Phi) is 4.96. The van der Waals surface area contributed by atoms with Crippen LogP contribution in [0, 0.1) is 23.7 Å². The zero-order valence-corrected chi connectivity index (χ0v) is 19.8. The van der Waals surface area contributed by atoms with Crippen LogP contribution >= 0.6 is 23.1 Å². The van der Waals surface area contributed by atoms with E-state index in [2.05, 4.69) is 12.2 Å². The van der Waals surface area contributed by atoms with Crippen molar-refractivity contribution in [3.8, 4) is 11.5 Å². The third kappa shape index (κ3) is 3.27. The zero-order valence-electron chi connectivity index (χ0n) is 18.2. The summed E-state index contributed by atoms with van der Waals surface area (Å²) < 4.78 is 12.7. The number of hydrogen-bond donors (Lipinski definition) is 0. The molecule has 33 heavy (non-hydrogen) atoms. The molecule has 2 amide bonds. The van der Waals surface area contributed by atoms with E-state index in [0.717, 1.165) is 38.0 Å². The van der Waals surface area contributed by atoms with Crippen LogP contribution in [0.15, 0.2) is 52.9 Å². The Morgan fingerprint density at radius 1 is 1.03 bits per heavy atom.